The number of hydrogen-bond acceptors (Lipinski definition) is 3. The second kappa shape index (κ2) is 4.72. The van der Waals surface area contributed by atoms with Gasteiger partial charge in [0.15, 0.2) is 0 Å². The van der Waals surface area contributed by atoms with Gasteiger partial charge in [0.05, 0.1) is 23.2 Å². The van der Waals surface area contributed by atoms with Crippen LogP contribution in [-0.4, -0.2) is 28.7 Å². The Morgan fingerprint density at radius 3 is 2.77 bits per heavy atom. The molecule has 0 saturated carbocycles. The zero-order chi connectivity index (χ0) is 9.84. The Morgan fingerprint density at radius 2 is 2.31 bits per heavy atom. The van der Waals surface area contributed by atoms with Crippen molar-refractivity contribution in [3.8, 4) is 0 Å². The lowest BCUT2D eigenvalue weighted by Gasteiger charge is -2.08. The summed E-state index contributed by atoms with van der Waals surface area (Å²) >= 11 is 3.44. The molecular formula is C8H14BrN3O. The van der Waals surface area contributed by atoms with E-state index in [2.05, 4.69) is 26.2 Å². The van der Waals surface area contributed by atoms with Crippen LogP contribution >= 0.6 is 15.9 Å². The Hall–Kier alpha value is -0.420. The van der Waals surface area contributed by atoms with Crippen LogP contribution in [0.25, 0.3) is 0 Å². The average Bonchev–Trinajstić information content (AvgIpc) is 2.52. The minimum absolute atomic E-state index is 0.234. The highest BCUT2D eigenvalue weighted by molar-refractivity contribution is 9.09. The lowest BCUT2D eigenvalue weighted by Crippen LogP contribution is -2.11. The number of nitrogens with zero attached hydrogens (tertiary/aromatic N) is 3. The Balaban J connectivity index is 2.67. The van der Waals surface area contributed by atoms with Gasteiger partial charge in [0.1, 0.15) is 0 Å². The monoisotopic (exact) mass is 247 g/mol. The summed E-state index contributed by atoms with van der Waals surface area (Å²) in [6, 6.07) is 0.234. The molecule has 1 aromatic rings. The van der Waals surface area contributed by atoms with Gasteiger partial charge in [-0.15, -0.1) is 5.10 Å². The van der Waals surface area contributed by atoms with E-state index in [9.17, 15) is 0 Å². The van der Waals surface area contributed by atoms with Crippen LogP contribution in [0.1, 0.15) is 30.4 Å². The van der Waals surface area contributed by atoms with E-state index in [0.29, 0.717) is 6.61 Å². The Labute approximate surface area is 86.4 Å². The van der Waals surface area contributed by atoms with Gasteiger partial charge in [-0.25, -0.2) is 4.68 Å². The molecule has 0 aliphatic heterocycles. The van der Waals surface area contributed by atoms with Gasteiger partial charge in [-0.05, 0) is 13.8 Å². The predicted molar refractivity (Wildman–Crippen MR) is 54.0 cm³/mol. The third kappa shape index (κ3) is 2.77. The molecule has 1 heterocycles. The molecule has 1 rings (SSSR count). The van der Waals surface area contributed by atoms with E-state index >= 15 is 0 Å². The van der Waals surface area contributed by atoms with Gasteiger partial charge in [0.2, 0.25) is 0 Å². The zero-order valence-electron chi connectivity index (χ0n) is 8.07. The molecule has 0 aliphatic rings. The second-order valence-electron chi connectivity index (χ2n) is 3.04. The Morgan fingerprint density at radius 1 is 1.62 bits per heavy atom. The number of halogens is 1. The van der Waals surface area contributed by atoms with E-state index in [1.54, 1.807) is 7.11 Å². The number of aromatic nitrogens is 3. The van der Waals surface area contributed by atoms with E-state index in [0.717, 1.165) is 5.69 Å². The van der Waals surface area contributed by atoms with Gasteiger partial charge in [-0.2, -0.15) is 0 Å². The molecule has 2 atom stereocenters. The van der Waals surface area contributed by atoms with Crippen molar-refractivity contribution >= 4 is 15.9 Å². The Kier molecular flexibility index (Phi) is 3.87. The maximum atomic E-state index is 5.03. The highest BCUT2D eigenvalue weighted by atomic mass is 79.9. The second-order valence-corrected chi connectivity index (χ2v) is 4.42. The molecular weight excluding hydrogens is 234 g/mol. The van der Waals surface area contributed by atoms with Gasteiger partial charge in [0, 0.05) is 13.3 Å². The summed E-state index contributed by atoms with van der Waals surface area (Å²) in [5.41, 5.74) is 0.947. The fourth-order valence-corrected chi connectivity index (χ4v) is 1.22. The lowest BCUT2D eigenvalue weighted by atomic mass is 10.3. The van der Waals surface area contributed by atoms with Crippen LogP contribution in [-0.2, 0) is 4.74 Å². The molecule has 1 aromatic heterocycles. The molecule has 74 valence electrons. The number of alkyl halides is 1. The van der Waals surface area contributed by atoms with Crippen molar-refractivity contribution in [1.82, 2.24) is 15.0 Å². The van der Waals surface area contributed by atoms with Crippen LogP contribution in [0.5, 0.6) is 0 Å². The molecule has 0 saturated heterocycles. The summed E-state index contributed by atoms with van der Waals surface area (Å²) in [4.78, 5) is 0.246. The molecule has 0 fully saturated rings. The van der Waals surface area contributed by atoms with Gasteiger partial charge in [-0.1, -0.05) is 21.1 Å². The standard InChI is InChI=1S/C8H14BrN3O/c1-6(5-13-3)12-4-8(7(2)9)10-11-12/h4,6-7H,5H2,1-3H3. The fraction of sp³-hybridized carbons (Fsp3) is 0.750. The first-order valence-electron chi connectivity index (χ1n) is 4.20. The molecule has 0 N–H and O–H groups in total. The van der Waals surface area contributed by atoms with Crippen LogP contribution in [0, 0.1) is 0 Å². The van der Waals surface area contributed by atoms with Crippen LogP contribution in [0.3, 0.4) is 0 Å². The van der Waals surface area contributed by atoms with E-state index in [1.807, 2.05) is 24.7 Å². The van der Waals surface area contributed by atoms with Crippen molar-refractivity contribution < 1.29 is 4.74 Å². The summed E-state index contributed by atoms with van der Waals surface area (Å²) in [5, 5.41) is 8.04. The van der Waals surface area contributed by atoms with Crippen LogP contribution in [0.2, 0.25) is 0 Å². The topological polar surface area (TPSA) is 39.9 Å². The van der Waals surface area contributed by atoms with Crippen molar-refractivity contribution in [3.63, 3.8) is 0 Å². The highest BCUT2D eigenvalue weighted by Gasteiger charge is 2.10. The zero-order valence-corrected chi connectivity index (χ0v) is 9.65. The predicted octanol–water partition coefficient (Wildman–Crippen LogP) is 1.94. The SMILES string of the molecule is COCC(C)n1cc(C(C)Br)nn1. The molecule has 0 aromatic carbocycles. The molecule has 13 heavy (non-hydrogen) atoms. The molecule has 4 nitrogen and oxygen atoms in total. The number of methoxy groups -OCH3 is 1. The Bertz CT molecular complexity index is 262. The smallest absolute Gasteiger partial charge is 0.0960 e. The van der Waals surface area contributed by atoms with E-state index in [4.69, 9.17) is 4.74 Å². The fourth-order valence-electron chi connectivity index (χ4n) is 1.01. The van der Waals surface area contributed by atoms with E-state index < -0.39 is 0 Å². The maximum Gasteiger partial charge on any atom is 0.0960 e. The number of rotatable bonds is 4. The normalized spacial score (nSPS) is 15.7. The quantitative estimate of drug-likeness (QED) is 0.764. The number of ether oxygens (including phenoxy) is 1. The van der Waals surface area contributed by atoms with E-state index in [1.165, 1.54) is 0 Å². The van der Waals surface area contributed by atoms with Crippen molar-refractivity contribution in [3.05, 3.63) is 11.9 Å². The minimum atomic E-state index is 0.234. The summed E-state index contributed by atoms with van der Waals surface area (Å²) in [6.07, 6.45) is 1.93. The van der Waals surface area contributed by atoms with Gasteiger partial charge < -0.3 is 4.74 Å². The van der Waals surface area contributed by atoms with Gasteiger partial charge >= 0.3 is 0 Å². The van der Waals surface area contributed by atoms with Crippen molar-refractivity contribution in [2.24, 2.45) is 0 Å². The van der Waals surface area contributed by atoms with E-state index in [-0.39, 0.29) is 10.9 Å². The third-order valence-electron chi connectivity index (χ3n) is 1.80. The molecule has 0 spiro atoms. The number of hydrogen-bond donors (Lipinski definition) is 0. The van der Waals surface area contributed by atoms with Crippen LogP contribution in [0.15, 0.2) is 6.20 Å². The first-order chi connectivity index (χ1) is 6.15. The summed E-state index contributed by atoms with van der Waals surface area (Å²) in [7, 11) is 1.68. The molecule has 0 amide bonds. The van der Waals surface area contributed by atoms with Crippen molar-refractivity contribution in [2.45, 2.75) is 24.7 Å². The molecule has 5 heteroatoms. The highest BCUT2D eigenvalue weighted by Crippen LogP contribution is 2.19. The van der Waals surface area contributed by atoms with Crippen LogP contribution < -0.4 is 0 Å². The summed E-state index contributed by atoms with van der Waals surface area (Å²) < 4.78 is 6.84. The molecule has 0 radical (unpaired) electrons. The molecule has 0 bridgehead atoms. The largest absolute Gasteiger partial charge is 0.382 e. The first kappa shape index (κ1) is 10.7. The van der Waals surface area contributed by atoms with Gasteiger partial charge in [0.25, 0.3) is 0 Å². The van der Waals surface area contributed by atoms with Crippen LogP contribution in [0.4, 0.5) is 0 Å². The summed E-state index contributed by atoms with van der Waals surface area (Å²) in [6.45, 7) is 4.72. The van der Waals surface area contributed by atoms with Crippen molar-refractivity contribution in [1.29, 1.82) is 0 Å². The lowest BCUT2D eigenvalue weighted by molar-refractivity contribution is 0.156. The first-order valence-corrected chi connectivity index (χ1v) is 5.11. The van der Waals surface area contributed by atoms with Crippen molar-refractivity contribution in [2.75, 3.05) is 13.7 Å². The van der Waals surface area contributed by atoms with Gasteiger partial charge in [-0.3, -0.25) is 0 Å². The minimum Gasteiger partial charge on any atom is -0.382 e. The summed E-state index contributed by atoms with van der Waals surface area (Å²) in [5.74, 6) is 0. The molecule has 0 aliphatic carbocycles. The molecule has 2 unspecified atom stereocenters. The average molecular weight is 248 g/mol. The maximum absolute atomic E-state index is 5.03. The third-order valence-corrected chi connectivity index (χ3v) is 2.26.